The predicted octanol–water partition coefficient (Wildman–Crippen LogP) is 4.97. The minimum atomic E-state index is -0.0102. The molecule has 0 fully saturated rings. The quantitative estimate of drug-likeness (QED) is 0.453. The Labute approximate surface area is 188 Å². The molecule has 1 amide bonds. The Morgan fingerprint density at radius 2 is 1.81 bits per heavy atom. The van der Waals surface area contributed by atoms with E-state index in [0.717, 1.165) is 34.3 Å². The molecule has 0 saturated carbocycles. The minimum Gasteiger partial charge on any atom is -0.496 e. The van der Waals surface area contributed by atoms with Gasteiger partial charge in [-0.25, -0.2) is 0 Å². The molecule has 1 aromatic heterocycles. The molecule has 1 atom stereocenters. The lowest BCUT2D eigenvalue weighted by Crippen LogP contribution is -2.31. The second kappa shape index (κ2) is 11.0. The molecule has 3 aromatic rings. The number of amides is 1. The number of hydrogen-bond acceptors (Lipinski definition) is 5. The molecule has 0 aliphatic carbocycles. The highest BCUT2D eigenvalue weighted by Gasteiger charge is 2.19. The summed E-state index contributed by atoms with van der Waals surface area (Å²) >= 11 is 1.40. The zero-order valence-electron chi connectivity index (χ0n) is 18.5. The standard InChI is InChI=1S/C24H30N4O2S/c1-5-28-23(19-13-9-10-14-21(19)30-4)26-27-24(28)31-16-22(29)25-20(15-17(2)3)18-11-7-6-8-12-18/h6-14,17,20H,5,15-16H2,1-4H3,(H,25,29). The van der Waals surface area contributed by atoms with Crippen molar-refractivity contribution in [3.8, 4) is 17.1 Å². The molecule has 164 valence electrons. The Morgan fingerprint density at radius 1 is 1.10 bits per heavy atom. The van der Waals surface area contributed by atoms with Crippen LogP contribution in [0.3, 0.4) is 0 Å². The minimum absolute atomic E-state index is 0.00230. The summed E-state index contributed by atoms with van der Waals surface area (Å²) in [6, 6.07) is 17.9. The highest BCUT2D eigenvalue weighted by atomic mass is 32.2. The number of benzene rings is 2. The number of carbonyl (C=O) groups is 1. The normalized spacial score (nSPS) is 12.0. The van der Waals surface area contributed by atoms with Gasteiger partial charge in [0.15, 0.2) is 11.0 Å². The first-order chi connectivity index (χ1) is 15.0. The van der Waals surface area contributed by atoms with Gasteiger partial charge in [-0.05, 0) is 37.0 Å². The third kappa shape index (κ3) is 5.88. The molecule has 1 unspecified atom stereocenters. The highest BCUT2D eigenvalue weighted by Crippen LogP contribution is 2.31. The molecule has 1 heterocycles. The Bertz CT molecular complexity index is 988. The van der Waals surface area contributed by atoms with Gasteiger partial charge in [0.1, 0.15) is 5.75 Å². The molecular weight excluding hydrogens is 408 g/mol. The molecule has 0 bridgehead atoms. The first-order valence-electron chi connectivity index (χ1n) is 10.6. The third-order valence-electron chi connectivity index (χ3n) is 4.96. The van der Waals surface area contributed by atoms with Gasteiger partial charge in [-0.15, -0.1) is 10.2 Å². The van der Waals surface area contributed by atoms with Crippen molar-refractivity contribution in [2.75, 3.05) is 12.9 Å². The SMILES string of the molecule is CCn1c(SCC(=O)NC(CC(C)C)c2ccccc2)nnc1-c1ccccc1OC. The molecule has 0 radical (unpaired) electrons. The van der Waals surface area contributed by atoms with Crippen LogP contribution in [0.1, 0.15) is 38.8 Å². The maximum absolute atomic E-state index is 12.7. The fraction of sp³-hybridized carbons (Fsp3) is 0.375. The number of hydrogen-bond donors (Lipinski definition) is 1. The van der Waals surface area contributed by atoms with Crippen molar-refractivity contribution in [1.29, 1.82) is 0 Å². The molecule has 1 N–H and O–H groups in total. The summed E-state index contributed by atoms with van der Waals surface area (Å²) in [5, 5.41) is 12.6. The fourth-order valence-corrected chi connectivity index (χ4v) is 4.32. The third-order valence-corrected chi connectivity index (χ3v) is 5.92. The number of nitrogens with one attached hydrogen (secondary N) is 1. The lowest BCUT2D eigenvalue weighted by Gasteiger charge is -2.21. The molecule has 31 heavy (non-hydrogen) atoms. The average Bonchev–Trinajstić information content (AvgIpc) is 3.20. The van der Waals surface area contributed by atoms with Gasteiger partial charge in [-0.1, -0.05) is 68.1 Å². The van der Waals surface area contributed by atoms with E-state index < -0.39 is 0 Å². The van der Waals surface area contributed by atoms with E-state index in [1.54, 1.807) is 7.11 Å². The Balaban J connectivity index is 1.70. The van der Waals surface area contributed by atoms with Crippen molar-refractivity contribution < 1.29 is 9.53 Å². The molecule has 0 saturated heterocycles. The van der Waals surface area contributed by atoms with Crippen LogP contribution < -0.4 is 10.1 Å². The summed E-state index contributed by atoms with van der Waals surface area (Å²) in [7, 11) is 1.64. The van der Waals surface area contributed by atoms with Crippen LogP contribution in [0.5, 0.6) is 5.75 Å². The summed E-state index contributed by atoms with van der Waals surface area (Å²) in [6.07, 6.45) is 0.892. The van der Waals surface area contributed by atoms with Crippen LogP contribution in [0, 0.1) is 5.92 Å². The average molecular weight is 439 g/mol. The van der Waals surface area contributed by atoms with Gasteiger partial charge in [0.05, 0.1) is 24.5 Å². The van der Waals surface area contributed by atoms with Crippen LogP contribution in [0.25, 0.3) is 11.4 Å². The van der Waals surface area contributed by atoms with Gasteiger partial charge in [-0.3, -0.25) is 4.79 Å². The van der Waals surface area contributed by atoms with Gasteiger partial charge >= 0.3 is 0 Å². The number of thioether (sulfide) groups is 1. The molecular formula is C24H30N4O2S. The first kappa shape index (κ1) is 22.9. The van der Waals surface area contributed by atoms with Crippen LogP contribution in [-0.2, 0) is 11.3 Å². The van der Waals surface area contributed by atoms with Gasteiger partial charge in [0.25, 0.3) is 0 Å². The van der Waals surface area contributed by atoms with E-state index >= 15 is 0 Å². The van der Waals surface area contributed by atoms with Crippen LogP contribution in [0.15, 0.2) is 59.8 Å². The topological polar surface area (TPSA) is 69.0 Å². The Kier molecular flexibility index (Phi) is 8.12. The van der Waals surface area contributed by atoms with E-state index in [1.165, 1.54) is 11.8 Å². The number of para-hydroxylation sites is 1. The van der Waals surface area contributed by atoms with Crippen molar-refractivity contribution in [3.63, 3.8) is 0 Å². The number of nitrogens with zero attached hydrogens (tertiary/aromatic N) is 3. The fourth-order valence-electron chi connectivity index (χ4n) is 3.51. The lowest BCUT2D eigenvalue weighted by atomic mass is 9.97. The monoisotopic (exact) mass is 438 g/mol. The van der Waals surface area contributed by atoms with E-state index in [1.807, 2.05) is 54.0 Å². The van der Waals surface area contributed by atoms with Gasteiger partial charge in [0, 0.05) is 6.54 Å². The smallest absolute Gasteiger partial charge is 0.230 e. The number of methoxy groups -OCH3 is 1. The maximum Gasteiger partial charge on any atom is 0.230 e. The first-order valence-corrected chi connectivity index (χ1v) is 11.6. The highest BCUT2D eigenvalue weighted by molar-refractivity contribution is 7.99. The molecule has 0 aliphatic heterocycles. The van der Waals surface area contributed by atoms with Crippen LogP contribution in [0.4, 0.5) is 0 Å². The maximum atomic E-state index is 12.7. The molecule has 2 aromatic carbocycles. The molecule has 6 nitrogen and oxygen atoms in total. The van der Waals surface area contributed by atoms with Crippen molar-refractivity contribution in [2.24, 2.45) is 5.92 Å². The lowest BCUT2D eigenvalue weighted by molar-refractivity contribution is -0.119. The second-order valence-electron chi connectivity index (χ2n) is 7.70. The second-order valence-corrected chi connectivity index (χ2v) is 8.64. The molecule has 7 heteroatoms. The number of carbonyl (C=O) groups excluding carboxylic acids is 1. The van der Waals surface area contributed by atoms with E-state index in [9.17, 15) is 4.79 Å². The summed E-state index contributed by atoms with van der Waals surface area (Å²) in [5.74, 6) is 2.24. The number of rotatable bonds is 10. The summed E-state index contributed by atoms with van der Waals surface area (Å²) < 4.78 is 7.48. The Morgan fingerprint density at radius 3 is 2.48 bits per heavy atom. The van der Waals surface area contributed by atoms with Crippen molar-refractivity contribution >= 4 is 17.7 Å². The van der Waals surface area contributed by atoms with Crippen LogP contribution in [-0.4, -0.2) is 33.5 Å². The zero-order chi connectivity index (χ0) is 22.2. The number of ether oxygens (including phenoxy) is 1. The van der Waals surface area contributed by atoms with E-state index in [4.69, 9.17) is 4.74 Å². The van der Waals surface area contributed by atoms with Crippen molar-refractivity contribution in [2.45, 2.75) is 44.9 Å². The van der Waals surface area contributed by atoms with E-state index in [0.29, 0.717) is 12.5 Å². The predicted molar refractivity (Wildman–Crippen MR) is 125 cm³/mol. The van der Waals surface area contributed by atoms with Crippen molar-refractivity contribution in [3.05, 3.63) is 60.2 Å². The van der Waals surface area contributed by atoms with Gasteiger partial charge < -0.3 is 14.6 Å². The van der Waals surface area contributed by atoms with Gasteiger partial charge in [0.2, 0.25) is 5.91 Å². The van der Waals surface area contributed by atoms with E-state index in [-0.39, 0.29) is 17.7 Å². The molecule has 3 rings (SSSR count). The van der Waals surface area contributed by atoms with Gasteiger partial charge in [-0.2, -0.15) is 0 Å². The largest absolute Gasteiger partial charge is 0.496 e. The molecule has 0 aliphatic rings. The zero-order valence-corrected chi connectivity index (χ0v) is 19.4. The van der Waals surface area contributed by atoms with E-state index in [2.05, 4.69) is 41.5 Å². The Hall–Kier alpha value is -2.80. The number of aromatic nitrogens is 3. The molecule has 0 spiro atoms. The summed E-state index contributed by atoms with van der Waals surface area (Å²) in [6.45, 7) is 7.07. The summed E-state index contributed by atoms with van der Waals surface area (Å²) in [4.78, 5) is 12.7. The van der Waals surface area contributed by atoms with Crippen molar-refractivity contribution in [1.82, 2.24) is 20.1 Å². The summed E-state index contributed by atoms with van der Waals surface area (Å²) in [5.41, 5.74) is 2.02. The van der Waals surface area contributed by atoms with Crippen LogP contribution >= 0.6 is 11.8 Å². The van der Waals surface area contributed by atoms with Crippen LogP contribution in [0.2, 0.25) is 0 Å².